The Morgan fingerprint density at radius 1 is 1.22 bits per heavy atom. The molecule has 1 aliphatic heterocycles. The number of amides is 1. The molecule has 9 nitrogen and oxygen atoms in total. The van der Waals surface area contributed by atoms with Crippen molar-refractivity contribution in [1.82, 2.24) is 9.62 Å². The van der Waals surface area contributed by atoms with Crippen molar-refractivity contribution in [1.29, 1.82) is 0 Å². The molecule has 0 unspecified atom stereocenters. The molecule has 2 heterocycles. The highest BCUT2D eigenvalue weighted by Gasteiger charge is 2.30. The minimum Gasteiger partial charge on any atom is -0.467 e. The average molecular weight is 391 g/mol. The molecule has 10 heteroatoms. The third kappa shape index (κ3) is 4.34. The van der Waals surface area contributed by atoms with Crippen molar-refractivity contribution in [2.45, 2.75) is 11.4 Å². The molecule has 1 aromatic heterocycles. The molecule has 142 valence electrons. The maximum absolute atomic E-state index is 12.0. The molecule has 0 radical (unpaired) electrons. The van der Waals surface area contributed by atoms with Gasteiger partial charge >= 0.3 is 5.97 Å². The Labute approximate surface area is 155 Å². The summed E-state index contributed by atoms with van der Waals surface area (Å²) in [5.74, 6) is -0.468. The Balaban J connectivity index is 1.53. The summed E-state index contributed by atoms with van der Waals surface area (Å²) < 4.78 is 36.3. The van der Waals surface area contributed by atoms with E-state index in [2.05, 4.69) is 9.71 Å². The van der Waals surface area contributed by atoms with Crippen LogP contribution in [0.3, 0.4) is 0 Å². The maximum atomic E-state index is 12.0. The fourth-order valence-electron chi connectivity index (χ4n) is 2.42. The number of rotatable bonds is 6. The van der Waals surface area contributed by atoms with Crippen molar-refractivity contribution >= 4 is 27.7 Å². The SMILES string of the molecule is CN(Cc1ccco1)C(=O)COC(=O)CN=C1NS(=O)(=O)c2ccccc21. The first-order valence-corrected chi connectivity index (χ1v) is 9.44. The van der Waals surface area contributed by atoms with Crippen molar-refractivity contribution in [2.24, 2.45) is 4.99 Å². The van der Waals surface area contributed by atoms with Crippen LogP contribution in [0.15, 0.2) is 57.0 Å². The lowest BCUT2D eigenvalue weighted by Gasteiger charge is -2.15. The van der Waals surface area contributed by atoms with E-state index in [1.807, 2.05) is 0 Å². The van der Waals surface area contributed by atoms with E-state index in [9.17, 15) is 18.0 Å². The third-order valence-electron chi connectivity index (χ3n) is 3.78. The normalized spacial score (nSPS) is 15.8. The number of hydrogen-bond acceptors (Lipinski definition) is 7. The lowest BCUT2D eigenvalue weighted by atomic mass is 10.2. The molecule has 3 rings (SSSR count). The van der Waals surface area contributed by atoms with E-state index in [1.54, 1.807) is 37.4 Å². The first-order chi connectivity index (χ1) is 12.9. The number of nitrogens with one attached hydrogen (secondary N) is 1. The Kier molecular flexibility index (Phi) is 5.26. The fourth-order valence-corrected chi connectivity index (χ4v) is 3.67. The quantitative estimate of drug-likeness (QED) is 0.717. The number of ether oxygens (including phenoxy) is 1. The monoisotopic (exact) mass is 391 g/mol. The van der Waals surface area contributed by atoms with E-state index in [1.165, 1.54) is 17.2 Å². The summed E-state index contributed by atoms with van der Waals surface area (Å²) in [6, 6.07) is 9.74. The van der Waals surface area contributed by atoms with Gasteiger partial charge in [0.1, 0.15) is 18.1 Å². The molecular weight excluding hydrogens is 374 g/mol. The number of hydrogen-bond donors (Lipinski definition) is 1. The molecule has 1 amide bonds. The van der Waals surface area contributed by atoms with Crippen molar-refractivity contribution < 1.29 is 27.2 Å². The summed E-state index contributed by atoms with van der Waals surface area (Å²) in [4.78, 5) is 29.2. The number of esters is 1. The van der Waals surface area contributed by atoms with E-state index in [-0.39, 0.29) is 17.3 Å². The van der Waals surface area contributed by atoms with Crippen molar-refractivity contribution in [3.05, 3.63) is 54.0 Å². The molecule has 1 N–H and O–H groups in total. The largest absolute Gasteiger partial charge is 0.467 e. The van der Waals surface area contributed by atoms with Crippen LogP contribution in [0.4, 0.5) is 0 Å². The number of amidine groups is 1. The van der Waals surface area contributed by atoms with Crippen LogP contribution in [0.25, 0.3) is 0 Å². The summed E-state index contributed by atoms with van der Waals surface area (Å²) in [7, 11) is -2.11. The summed E-state index contributed by atoms with van der Waals surface area (Å²) in [5.41, 5.74) is 0.388. The number of nitrogens with zero attached hydrogens (tertiary/aromatic N) is 2. The molecule has 0 bridgehead atoms. The maximum Gasteiger partial charge on any atom is 0.328 e. The number of likely N-dealkylation sites (N-methyl/N-ethyl adjacent to an activating group) is 1. The zero-order chi connectivity index (χ0) is 19.4. The van der Waals surface area contributed by atoms with Gasteiger partial charge in [0.05, 0.1) is 17.7 Å². The van der Waals surface area contributed by atoms with Gasteiger partial charge in [-0.1, -0.05) is 12.1 Å². The Hall–Kier alpha value is -3.14. The Morgan fingerprint density at radius 2 is 2.00 bits per heavy atom. The van der Waals surface area contributed by atoms with Gasteiger partial charge in [-0.3, -0.25) is 19.3 Å². The Bertz CT molecular complexity index is 982. The molecule has 27 heavy (non-hydrogen) atoms. The van der Waals surface area contributed by atoms with Crippen LogP contribution in [-0.2, 0) is 30.9 Å². The third-order valence-corrected chi connectivity index (χ3v) is 5.18. The van der Waals surface area contributed by atoms with Crippen LogP contribution in [0, 0.1) is 0 Å². The molecule has 0 saturated carbocycles. The van der Waals surface area contributed by atoms with Gasteiger partial charge in [0.2, 0.25) is 0 Å². The van der Waals surface area contributed by atoms with Crippen LogP contribution in [-0.4, -0.2) is 51.2 Å². The van der Waals surface area contributed by atoms with Gasteiger partial charge in [-0.2, -0.15) is 0 Å². The van der Waals surface area contributed by atoms with E-state index in [0.717, 1.165) is 0 Å². The molecule has 0 atom stereocenters. The predicted molar refractivity (Wildman–Crippen MR) is 94.3 cm³/mol. The molecule has 0 spiro atoms. The molecule has 0 saturated heterocycles. The number of carbonyl (C=O) groups excluding carboxylic acids is 2. The second kappa shape index (κ2) is 7.62. The van der Waals surface area contributed by atoms with Crippen LogP contribution in [0.1, 0.15) is 11.3 Å². The van der Waals surface area contributed by atoms with E-state index in [4.69, 9.17) is 9.15 Å². The van der Waals surface area contributed by atoms with Crippen molar-refractivity contribution in [2.75, 3.05) is 20.2 Å². The van der Waals surface area contributed by atoms with Gasteiger partial charge < -0.3 is 14.1 Å². The van der Waals surface area contributed by atoms with Crippen molar-refractivity contribution in [3.63, 3.8) is 0 Å². The van der Waals surface area contributed by atoms with Gasteiger partial charge in [0.25, 0.3) is 15.9 Å². The summed E-state index contributed by atoms with van der Waals surface area (Å²) in [6.45, 7) is -0.602. The van der Waals surface area contributed by atoms with Gasteiger partial charge in [0.15, 0.2) is 6.61 Å². The molecular formula is C17H17N3O6S. The minimum absolute atomic E-state index is 0.0730. The second-order valence-electron chi connectivity index (χ2n) is 5.76. The molecule has 1 aliphatic rings. The van der Waals surface area contributed by atoms with Gasteiger partial charge in [0, 0.05) is 12.6 Å². The fraction of sp³-hybridized carbons (Fsp3) is 0.235. The minimum atomic E-state index is -3.67. The highest BCUT2D eigenvalue weighted by molar-refractivity contribution is 7.90. The van der Waals surface area contributed by atoms with E-state index >= 15 is 0 Å². The predicted octanol–water partition coefficient (Wildman–Crippen LogP) is 0.520. The first kappa shape index (κ1) is 18.6. The first-order valence-electron chi connectivity index (χ1n) is 7.95. The number of furan rings is 1. The average Bonchev–Trinajstić information content (AvgIpc) is 3.24. The van der Waals surface area contributed by atoms with Crippen LogP contribution in [0.5, 0.6) is 0 Å². The number of carbonyl (C=O) groups is 2. The zero-order valence-electron chi connectivity index (χ0n) is 14.4. The molecule has 2 aromatic rings. The zero-order valence-corrected chi connectivity index (χ0v) is 15.2. The van der Waals surface area contributed by atoms with E-state index in [0.29, 0.717) is 11.3 Å². The number of aliphatic imine (C=N–C) groups is 1. The lowest BCUT2D eigenvalue weighted by Crippen LogP contribution is -2.31. The number of sulfonamides is 1. The summed E-state index contributed by atoms with van der Waals surface area (Å²) in [6.07, 6.45) is 1.50. The molecule has 0 aliphatic carbocycles. The van der Waals surface area contributed by atoms with Crippen molar-refractivity contribution in [3.8, 4) is 0 Å². The number of benzene rings is 1. The van der Waals surface area contributed by atoms with Gasteiger partial charge in [-0.25, -0.2) is 8.42 Å². The lowest BCUT2D eigenvalue weighted by molar-refractivity contribution is -0.150. The van der Waals surface area contributed by atoms with Crippen LogP contribution < -0.4 is 4.72 Å². The molecule has 0 fully saturated rings. The second-order valence-corrected chi connectivity index (χ2v) is 7.41. The summed E-state index contributed by atoms with van der Waals surface area (Å²) >= 11 is 0. The smallest absolute Gasteiger partial charge is 0.328 e. The standard InChI is InChI=1S/C17H17N3O6S/c1-20(10-12-5-4-8-25-12)15(21)11-26-16(22)9-18-17-13-6-2-3-7-14(13)27(23,24)19-17/h2-8H,9-11H2,1H3,(H,18,19). The van der Waals surface area contributed by atoms with Crippen LogP contribution >= 0.6 is 0 Å². The van der Waals surface area contributed by atoms with Gasteiger partial charge in [-0.05, 0) is 24.3 Å². The van der Waals surface area contributed by atoms with Crippen LogP contribution in [0.2, 0.25) is 0 Å². The Morgan fingerprint density at radius 3 is 2.74 bits per heavy atom. The summed E-state index contributed by atoms with van der Waals surface area (Å²) in [5, 5.41) is 0. The van der Waals surface area contributed by atoms with Gasteiger partial charge in [-0.15, -0.1) is 0 Å². The molecule has 1 aromatic carbocycles. The highest BCUT2D eigenvalue weighted by Crippen LogP contribution is 2.21. The highest BCUT2D eigenvalue weighted by atomic mass is 32.2. The number of fused-ring (bicyclic) bond motifs is 1. The topological polar surface area (TPSA) is 118 Å². The van der Waals surface area contributed by atoms with E-state index < -0.39 is 35.1 Å².